The van der Waals surface area contributed by atoms with Gasteiger partial charge in [-0.2, -0.15) is 11.3 Å². The summed E-state index contributed by atoms with van der Waals surface area (Å²) in [5.41, 5.74) is 2.32. The molecule has 2 N–H and O–H groups in total. The van der Waals surface area contributed by atoms with Crippen LogP contribution in [0.1, 0.15) is 16.7 Å². The Kier molecular flexibility index (Phi) is 5.10. The summed E-state index contributed by atoms with van der Waals surface area (Å²) in [5, 5.41) is 6.69. The molecule has 0 saturated heterocycles. The number of hydrogen-bond acceptors (Lipinski definition) is 4. The van der Waals surface area contributed by atoms with E-state index in [0.29, 0.717) is 5.56 Å². The largest absolute Gasteiger partial charge is 0.316 e. The molecule has 7 heteroatoms. The van der Waals surface area contributed by atoms with Crippen LogP contribution in [0, 0.1) is 12.7 Å². The van der Waals surface area contributed by atoms with Crippen LogP contribution < -0.4 is 10.0 Å². The molecular formula is C14H17FN2O2S2. The summed E-state index contributed by atoms with van der Waals surface area (Å²) >= 11 is 1.53. The molecule has 0 amide bonds. The second-order valence-corrected chi connectivity index (χ2v) is 7.20. The Hall–Kier alpha value is -1.28. The Labute approximate surface area is 128 Å². The first-order chi connectivity index (χ1) is 9.94. The summed E-state index contributed by atoms with van der Waals surface area (Å²) in [7, 11) is -1.97. The molecule has 0 radical (unpaired) electrons. The highest BCUT2D eigenvalue weighted by Crippen LogP contribution is 2.17. The molecule has 1 aromatic carbocycles. The number of thiophene rings is 1. The van der Waals surface area contributed by atoms with Gasteiger partial charge < -0.3 is 5.32 Å². The third-order valence-corrected chi connectivity index (χ3v) is 5.42. The van der Waals surface area contributed by atoms with E-state index < -0.39 is 15.8 Å². The van der Waals surface area contributed by atoms with Gasteiger partial charge in [-0.3, -0.25) is 0 Å². The molecule has 0 unspecified atom stereocenters. The lowest BCUT2D eigenvalue weighted by Crippen LogP contribution is -2.23. The van der Waals surface area contributed by atoms with Crippen molar-refractivity contribution in [2.75, 3.05) is 7.05 Å². The van der Waals surface area contributed by atoms with Crippen LogP contribution in [0.25, 0.3) is 0 Å². The van der Waals surface area contributed by atoms with Crippen molar-refractivity contribution in [3.05, 3.63) is 51.5 Å². The number of halogens is 1. The zero-order chi connectivity index (χ0) is 15.5. The highest BCUT2D eigenvalue weighted by Gasteiger charge is 2.16. The Balaban J connectivity index is 2.19. The second kappa shape index (κ2) is 6.65. The highest BCUT2D eigenvalue weighted by atomic mass is 32.2. The molecule has 0 fully saturated rings. The van der Waals surface area contributed by atoms with Crippen LogP contribution in [-0.4, -0.2) is 15.5 Å². The minimum Gasteiger partial charge on any atom is -0.316 e. The quantitative estimate of drug-likeness (QED) is 0.856. The Bertz CT molecular complexity index is 726. The van der Waals surface area contributed by atoms with Crippen molar-refractivity contribution in [1.82, 2.24) is 10.0 Å². The van der Waals surface area contributed by atoms with Crippen molar-refractivity contribution >= 4 is 21.4 Å². The van der Waals surface area contributed by atoms with Crippen molar-refractivity contribution < 1.29 is 12.8 Å². The lowest BCUT2D eigenvalue weighted by atomic mass is 10.2. The maximum absolute atomic E-state index is 13.6. The SMILES string of the molecule is CNCc1cc(S(=O)(=O)NCc2cscc2C)ccc1F. The van der Waals surface area contributed by atoms with E-state index in [9.17, 15) is 12.8 Å². The number of aryl methyl sites for hydroxylation is 1. The van der Waals surface area contributed by atoms with Gasteiger partial charge in [0.15, 0.2) is 0 Å². The fourth-order valence-corrected chi connectivity index (χ4v) is 3.78. The van der Waals surface area contributed by atoms with E-state index in [1.807, 2.05) is 17.7 Å². The predicted molar refractivity (Wildman–Crippen MR) is 82.2 cm³/mol. The topological polar surface area (TPSA) is 58.2 Å². The lowest BCUT2D eigenvalue weighted by Gasteiger charge is -2.09. The zero-order valence-electron chi connectivity index (χ0n) is 11.8. The predicted octanol–water partition coefficient (Wildman–Crippen LogP) is 2.39. The van der Waals surface area contributed by atoms with Crippen molar-refractivity contribution in [3.63, 3.8) is 0 Å². The molecule has 21 heavy (non-hydrogen) atoms. The molecule has 0 aliphatic carbocycles. The first kappa shape index (κ1) is 16.1. The number of hydrogen-bond donors (Lipinski definition) is 2. The summed E-state index contributed by atoms with van der Waals surface area (Å²) in [5.74, 6) is -0.419. The molecule has 0 atom stereocenters. The zero-order valence-corrected chi connectivity index (χ0v) is 13.4. The van der Waals surface area contributed by atoms with Crippen LogP contribution in [0.5, 0.6) is 0 Å². The van der Waals surface area contributed by atoms with Crippen LogP contribution in [0.15, 0.2) is 33.9 Å². The molecule has 0 spiro atoms. The fourth-order valence-electron chi connectivity index (χ4n) is 1.87. The van der Waals surface area contributed by atoms with Gasteiger partial charge in [0.1, 0.15) is 5.82 Å². The van der Waals surface area contributed by atoms with E-state index in [1.54, 1.807) is 7.05 Å². The molecule has 1 aromatic heterocycles. The maximum Gasteiger partial charge on any atom is 0.240 e. The lowest BCUT2D eigenvalue weighted by molar-refractivity contribution is 0.577. The molecule has 0 aliphatic heterocycles. The summed E-state index contributed by atoms with van der Waals surface area (Å²) in [6.07, 6.45) is 0. The first-order valence-corrected chi connectivity index (χ1v) is 8.81. The molecule has 1 heterocycles. The van der Waals surface area contributed by atoms with E-state index >= 15 is 0 Å². The van der Waals surface area contributed by atoms with E-state index in [0.717, 1.165) is 11.1 Å². The van der Waals surface area contributed by atoms with Crippen molar-refractivity contribution in [2.24, 2.45) is 0 Å². The molecule has 114 valence electrons. The summed E-state index contributed by atoms with van der Waals surface area (Å²) < 4.78 is 40.6. The van der Waals surface area contributed by atoms with E-state index in [-0.39, 0.29) is 18.0 Å². The maximum atomic E-state index is 13.6. The van der Waals surface area contributed by atoms with Crippen LogP contribution in [0.2, 0.25) is 0 Å². The normalized spacial score (nSPS) is 11.8. The van der Waals surface area contributed by atoms with Crippen molar-refractivity contribution in [3.8, 4) is 0 Å². The summed E-state index contributed by atoms with van der Waals surface area (Å²) in [4.78, 5) is 0.0713. The Morgan fingerprint density at radius 1 is 1.19 bits per heavy atom. The van der Waals surface area contributed by atoms with Gasteiger partial charge in [0, 0.05) is 18.7 Å². The third kappa shape index (κ3) is 3.88. The molecule has 0 saturated carbocycles. The molecule has 0 aliphatic rings. The first-order valence-electron chi connectivity index (χ1n) is 6.38. The number of sulfonamides is 1. The van der Waals surface area contributed by atoms with E-state index in [1.165, 1.54) is 29.5 Å². The molecule has 0 bridgehead atoms. The van der Waals surface area contributed by atoms with Gasteiger partial charge in [0.05, 0.1) is 4.90 Å². The highest BCUT2D eigenvalue weighted by molar-refractivity contribution is 7.89. The van der Waals surface area contributed by atoms with Gasteiger partial charge in [-0.15, -0.1) is 0 Å². The summed E-state index contributed by atoms with van der Waals surface area (Å²) in [6.45, 7) is 2.44. The van der Waals surface area contributed by atoms with Gasteiger partial charge in [-0.25, -0.2) is 17.5 Å². The van der Waals surface area contributed by atoms with Crippen LogP contribution in [0.3, 0.4) is 0 Å². The number of nitrogens with one attached hydrogen (secondary N) is 2. The Morgan fingerprint density at radius 2 is 1.95 bits per heavy atom. The van der Waals surface area contributed by atoms with Crippen molar-refractivity contribution in [2.45, 2.75) is 24.9 Å². The number of rotatable bonds is 6. The minimum absolute atomic E-state index is 0.0713. The molecule has 4 nitrogen and oxygen atoms in total. The van der Waals surface area contributed by atoms with Crippen LogP contribution >= 0.6 is 11.3 Å². The third-order valence-electron chi connectivity index (χ3n) is 3.11. The van der Waals surface area contributed by atoms with Crippen LogP contribution in [0.4, 0.5) is 4.39 Å². The average molecular weight is 328 g/mol. The average Bonchev–Trinajstić information content (AvgIpc) is 2.85. The van der Waals surface area contributed by atoms with Gasteiger partial charge in [0.2, 0.25) is 10.0 Å². The van der Waals surface area contributed by atoms with E-state index in [4.69, 9.17) is 0 Å². The number of benzene rings is 1. The van der Waals surface area contributed by atoms with Gasteiger partial charge in [0.25, 0.3) is 0 Å². The van der Waals surface area contributed by atoms with Gasteiger partial charge in [-0.05, 0) is 54.1 Å². The fraction of sp³-hybridized carbons (Fsp3) is 0.286. The van der Waals surface area contributed by atoms with Gasteiger partial charge in [-0.1, -0.05) is 0 Å². The molecular weight excluding hydrogens is 311 g/mol. The second-order valence-electron chi connectivity index (χ2n) is 4.69. The standard InChI is InChI=1S/C14H17FN2O2S2/c1-10-8-20-9-12(10)7-17-21(18,19)13-3-4-14(15)11(5-13)6-16-2/h3-5,8-9,16-17H,6-7H2,1-2H3. The molecule has 2 rings (SSSR count). The minimum atomic E-state index is -3.65. The smallest absolute Gasteiger partial charge is 0.240 e. The Morgan fingerprint density at radius 3 is 2.57 bits per heavy atom. The van der Waals surface area contributed by atoms with Gasteiger partial charge >= 0.3 is 0 Å². The summed E-state index contributed by atoms with van der Waals surface area (Å²) in [6, 6.07) is 3.81. The van der Waals surface area contributed by atoms with Crippen molar-refractivity contribution in [1.29, 1.82) is 0 Å². The van der Waals surface area contributed by atoms with E-state index in [2.05, 4.69) is 10.0 Å². The monoisotopic (exact) mass is 328 g/mol. The molecule has 2 aromatic rings. The van der Waals surface area contributed by atoms with Crippen LogP contribution in [-0.2, 0) is 23.1 Å².